The Balaban J connectivity index is 1.54. The number of amides is 1. The van der Waals surface area contributed by atoms with Crippen LogP contribution < -0.4 is 10.6 Å². The Bertz CT molecular complexity index is 825. The van der Waals surface area contributed by atoms with E-state index >= 15 is 0 Å². The van der Waals surface area contributed by atoms with E-state index in [1.807, 2.05) is 0 Å². The predicted octanol–water partition coefficient (Wildman–Crippen LogP) is 5.69. The molecule has 1 aliphatic rings. The van der Waals surface area contributed by atoms with Crippen molar-refractivity contribution in [2.45, 2.75) is 48.7 Å². The van der Waals surface area contributed by atoms with Crippen LogP contribution in [-0.2, 0) is 11.0 Å². The second-order valence-electron chi connectivity index (χ2n) is 6.38. The monoisotopic (exact) mass is 450 g/mol. The SMILES string of the molecule is O=C(CSc1nnc(NC2CCCCC2)s1)Nc1ccc(Cl)cc1C(F)(F)F. The molecule has 2 aromatic rings. The smallest absolute Gasteiger partial charge is 0.357 e. The van der Waals surface area contributed by atoms with Gasteiger partial charge in [0.25, 0.3) is 0 Å². The first-order valence-electron chi connectivity index (χ1n) is 8.71. The number of hydrogen-bond acceptors (Lipinski definition) is 6. The maximum absolute atomic E-state index is 13.1. The molecule has 3 rings (SSSR count). The lowest BCUT2D eigenvalue weighted by Crippen LogP contribution is -2.21. The third-order valence-electron chi connectivity index (χ3n) is 4.23. The molecule has 11 heteroatoms. The Kier molecular flexibility index (Phi) is 7.05. The molecule has 1 saturated carbocycles. The normalized spacial score (nSPS) is 15.4. The van der Waals surface area contributed by atoms with Gasteiger partial charge in [0, 0.05) is 11.1 Å². The van der Waals surface area contributed by atoms with Crippen molar-refractivity contribution in [3.8, 4) is 0 Å². The molecule has 1 aromatic carbocycles. The number of benzene rings is 1. The highest BCUT2D eigenvalue weighted by molar-refractivity contribution is 8.01. The van der Waals surface area contributed by atoms with Crippen molar-refractivity contribution < 1.29 is 18.0 Å². The number of nitrogens with zero attached hydrogens (tertiary/aromatic N) is 2. The quantitative estimate of drug-likeness (QED) is 0.554. The molecule has 0 bridgehead atoms. The summed E-state index contributed by atoms with van der Waals surface area (Å²) in [6, 6.07) is 3.63. The number of halogens is 4. The summed E-state index contributed by atoms with van der Waals surface area (Å²) in [5.41, 5.74) is -1.30. The molecule has 0 spiro atoms. The van der Waals surface area contributed by atoms with Gasteiger partial charge in [-0.3, -0.25) is 4.79 Å². The Morgan fingerprint density at radius 3 is 2.71 bits per heavy atom. The van der Waals surface area contributed by atoms with Gasteiger partial charge in [0.2, 0.25) is 11.0 Å². The third kappa shape index (κ3) is 5.99. The van der Waals surface area contributed by atoms with Crippen molar-refractivity contribution in [2.75, 3.05) is 16.4 Å². The summed E-state index contributed by atoms with van der Waals surface area (Å²) >= 11 is 8.11. The second kappa shape index (κ2) is 9.32. The molecule has 0 radical (unpaired) electrons. The molecular weight excluding hydrogens is 433 g/mol. The van der Waals surface area contributed by atoms with Crippen molar-refractivity contribution in [2.24, 2.45) is 0 Å². The van der Waals surface area contributed by atoms with Crippen molar-refractivity contribution >= 4 is 51.4 Å². The Hall–Kier alpha value is -1.52. The van der Waals surface area contributed by atoms with Crippen LogP contribution in [0.4, 0.5) is 24.0 Å². The molecule has 1 amide bonds. The molecule has 0 unspecified atom stereocenters. The molecule has 28 heavy (non-hydrogen) atoms. The minimum Gasteiger partial charge on any atom is -0.357 e. The van der Waals surface area contributed by atoms with E-state index < -0.39 is 17.6 Å². The van der Waals surface area contributed by atoms with Crippen molar-refractivity contribution in [1.29, 1.82) is 0 Å². The van der Waals surface area contributed by atoms with E-state index in [1.165, 1.54) is 36.7 Å². The average molecular weight is 451 g/mol. The van der Waals surface area contributed by atoms with Gasteiger partial charge in [-0.15, -0.1) is 10.2 Å². The fourth-order valence-corrected chi connectivity index (χ4v) is 4.72. The van der Waals surface area contributed by atoms with Crippen LogP contribution in [0.3, 0.4) is 0 Å². The van der Waals surface area contributed by atoms with Crippen molar-refractivity contribution in [3.63, 3.8) is 0 Å². The maximum atomic E-state index is 13.1. The molecular formula is C17H18ClF3N4OS2. The van der Waals surface area contributed by atoms with Gasteiger partial charge >= 0.3 is 6.18 Å². The molecule has 0 atom stereocenters. The summed E-state index contributed by atoms with van der Waals surface area (Å²) in [7, 11) is 0. The lowest BCUT2D eigenvalue weighted by molar-refractivity contribution is -0.137. The first-order valence-corrected chi connectivity index (χ1v) is 10.9. The van der Waals surface area contributed by atoms with Gasteiger partial charge in [-0.25, -0.2) is 0 Å². The highest BCUT2D eigenvalue weighted by Crippen LogP contribution is 2.36. The van der Waals surface area contributed by atoms with E-state index in [0.717, 1.165) is 36.7 Å². The van der Waals surface area contributed by atoms with Crippen LogP contribution in [0, 0.1) is 0 Å². The number of thioether (sulfide) groups is 1. The molecule has 0 saturated heterocycles. The van der Waals surface area contributed by atoms with Crippen molar-refractivity contribution in [1.82, 2.24) is 10.2 Å². The molecule has 1 heterocycles. The number of carbonyl (C=O) groups is 1. The minimum atomic E-state index is -4.61. The van der Waals surface area contributed by atoms with E-state index in [2.05, 4.69) is 20.8 Å². The highest BCUT2D eigenvalue weighted by Gasteiger charge is 2.34. The van der Waals surface area contributed by atoms with Gasteiger partial charge in [0.1, 0.15) is 0 Å². The molecule has 0 aliphatic heterocycles. The van der Waals surface area contributed by atoms with Gasteiger partial charge in [-0.05, 0) is 31.0 Å². The van der Waals surface area contributed by atoms with Crippen LogP contribution in [-0.4, -0.2) is 27.9 Å². The van der Waals surface area contributed by atoms with Crippen LogP contribution in [0.2, 0.25) is 5.02 Å². The summed E-state index contributed by atoms with van der Waals surface area (Å²) in [6.45, 7) is 0. The summed E-state index contributed by atoms with van der Waals surface area (Å²) in [5, 5.41) is 14.4. The minimum absolute atomic E-state index is 0.0495. The van der Waals surface area contributed by atoms with Gasteiger partial charge in [-0.2, -0.15) is 13.2 Å². The first-order chi connectivity index (χ1) is 13.3. The van der Waals surface area contributed by atoms with Crippen LogP contribution in [0.5, 0.6) is 0 Å². The van der Waals surface area contributed by atoms with E-state index in [4.69, 9.17) is 11.6 Å². The van der Waals surface area contributed by atoms with Gasteiger partial charge in [0.05, 0.1) is 17.0 Å². The fourth-order valence-electron chi connectivity index (χ4n) is 2.92. The van der Waals surface area contributed by atoms with Gasteiger partial charge < -0.3 is 10.6 Å². The molecule has 5 nitrogen and oxygen atoms in total. The predicted molar refractivity (Wildman–Crippen MR) is 106 cm³/mol. The number of hydrogen-bond donors (Lipinski definition) is 2. The number of anilines is 2. The van der Waals surface area contributed by atoms with E-state index in [1.54, 1.807) is 0 Å². The number of rotatable bonds is 6. The standard InChI is InChI=1S/C17H18ClF3N4OS2/c18-10-6-7-13(12(8-10)17(19,20)21)23-14(26)9-27-16-25-24-15(28-16)22-11-4-2-1-3-5-11/h6-8,11H,1-5,9H2,(H,22,24)(H,23,26). The van der Waals surface area contributed by atoms with Crippen LogP contribution >= 0.6 is 34.7 Å². The molecule has 1 aromatic heterocycles. The van der Waals surface area contributed by atoms with Gasteiger partial charge in [0.15, 0.2) is 4.34 Å². The molecule has 1 aliphatic carbocycles. The summed E-state index contributed by atoms with van der Waals surface area (Å²) < 4.78 is 39.8. The highest BCUT2D eigenvalue weighted by atomic mass is 35.5. The summed E-state index contributed by atoms with van der Waals surface area (Å²) in [4.78, 5) is 12.1. The number of carbonyl (C=O) groups excluding carboxylic acids is 1. The summed E-state index contributed by atoms with van der Waals surface area (Å²) in [5.74, 6) is -0.632. The zero-order chi connectivity index (χ0) is 20.1. The Morgan fingerprint density at radius 2 is 2.00 bits per heavy atom. The Labute approximate surface area is 173 Å². The Morgan fingerprint density at radius 1 is 1.25 bits per heavy atom. The maximum Gasteiger partial charge on any atom is 0.418 e. The van der Waals surface area contributed by atoms with Gasteiger partial charge in [-0.1, -0.05) is 54.0 Å². The third-order valence-corrected chi connectivity index (χ3v) is 6.45. The summed E-state index contributed by atoms with van der Waals surface area (Å²) in [6.07, 6.45) is 1.25. The van der Waals surface area contributed by atoms with E-state index in [9.17, 15) is 18.0 Å². The zero-order valence-electron chi connectivity index (χ0n) is 14.7. The van der Waals surface area contributed by atoms with Crippen LogP contribution in [0.1, 0.15) is 37.7 Å². The average Bonchev–Trinajstić information content (AvgIpc) is 3.09. The number of nitrogens with one attached hydrogen (secondary N) is 2. The first kappa shape index (κ1) is 21.2. The van der Waals surface area contributed by atoms with Crippen LogP contribution in [0.15, 0.2) is 22.5 Å². The zero-order valence-corrected chi connectivity index (χ0v) is 17.1. The van der Waals surface area contributed by atoms with E-state index in [0.29, 0.717) is 15.5 Å². The number of aromatic nitrogens is 2. The lowest BCUT2D eigenvalue weighted by Gasteiger charge is -2.21. The lowest BCUT2D eigenvalue weighted by atomic mass is 9.96. The van der Waals surface area contributed by atoms with E-state index in [-0.39, 0.29) is 16.5 Å². The molecule has 1 fully saturated rings. The molecule has 2 N–H and O–H groups in total. The molecule has 152 valence electrons. The van der Waals surface area contributed by atoms with Crippen molar-refractivity contribution in [3.05, 3.63) is 28.8 Å². The topological polar surface area (TPSA) is 66.9 Å². The fraction of sp³-hybridized carbons (Fsp3) is 0.471. The largest absolute Gasteiger partial charge is 0.418 e. The second-order valence-corrected chi connectivity index (χ2v) is 9.01. The van der Waals surface area contributed by atoms with Crippen LogP contribution in [0.25, 0.3) is 0 Å². The number of alkyl halides is 3.